The Morgan fingerprint density at radius 1 is 1.22 bits per heavy atom. The zero-order valence-corrected chi connectivity index (χ0v) is 16.9. The molecule has 0 radical (unpaired) electrons. The summed E-state index contributed by atoms with van der Waals surface area (Å²) in [5.74, 6) is 0.182. The van der Waals surface area contributed by atoms with Gasteiger partial charge in [0.2, 0.25) is 0 Å². The van der Waals surface area contributed by atoms with Gasteiger partial charge in [-0.05, 0) is 49.7 Å². The molecule has 0 saturated heterocycles. The number of carbonyl (C=O) groups is 1. The topological polar surface area (TPSA) is 26.3 Å². The average molecular weight is 349 g/mol. The molecule has 2 atom stereocenters. The molecule has 0 bridgehead atoms. The summed E-state index contributed by atoms with van der Waals surface area (Å²) in [6.07, 6.45) is 4.43. The molecule has 1 aliphatic carbocycles. The summed E-state index contributed by atoms with van der Waals surface area (Å²) in [7, 11) is -1.84. The first-order valence-electron chi connectivity index (χ1n) is 8.18. The highest BCUT2D eigenvalue weighted by Crippen LogP contribution is 2.43. The SMILES string of the molecule is CC(C)(C)[Si](C)(C)O[C@H]1C=CC(=O)[C@@](C)(Sc2ccccc2)C1. The zero-order valence-electron chi connectivity index (χ0n) is 15.1. The minimum Gasteiger partial charge on any atom is -0.410 e. The number of benzene rings is 1. The smallest absolute Gasteiger partial charge is 0.192 e. The summed E-state index contributed by atoms with van der Waals surface area (Å²) in [6.45, 7) is 13.3. The minimum absolute atomic E-state index is 0.0230. The summed E-state index contributed by atoms with van der Waals surface area (Å²) in [4.78, 5) is 13.6. The standard InChI is InChI=1S/C19H28O2SSi/c1-18(2,3)23(5,6)21-15-12-13-17(20)19(4,14-15)22-16-10-8-7-9-11-16/h7-13,15H,14H2,1-6H3/t15-,19-/m0/s1. The van der Waals surface area contributed by atoms with Crippen molar-refractivity contribution in [1.82, 2.24) is 0 Å². The van der Waals surface area contributed by atoms with E-state index in [-0.39, 0.29) is 16.9 Å². The molecular formula is C19H28O2SSi. The van der Waals surface area contributed by atoms with Crippen LogP contribution in [-0.4, -0.2) is 25.0 Å². The van der Waals surface area contributed by atoms with Gasteiger partial charge in [-0.2, -0.15) is 0 Å². The Kier molecular flexibility index (Phi) is 5.29. The molecule has 0 heterocycles. The second-order valence-corrected chi connectivity index (χ2v) is 14.3. The van der Waals surface area contributed by atoms with Crippen LogP contribution < -0.4 is 0 Å². The van der Waals surface area contributed by atoms with Crippen LogP contribution in [0.2, 0.25) is 18.1 Å². The van der Waals surface area contributed by atoms with Crippen molar-refractivity contribution >= 4 is 25.9 Å². The first kappa shape index (κ1) is 18.5. The first-order chi connectivity index (χ1) is 10.5. The molecule has 0 unspecified atom stereocenters. The van der Waals surface area contributed by atoms with Gasteiger partial charge < -0.3 is 4.43 Å². The Morgan fingerprint density at radius 3 is 2.39 bits per heavy atom. The maximum Gasteiger partial charge on any atom is 0.192 e. The number of allylic oxidation sites excluding steroid dienone is 1. The molecule has 0 spiro atoms. The van der Waals surface area contributed by atoms with E-state index in [1.165, 1.54) is 0 Å². The van der Waals surface area contributed by atoms with Gasteiger partial charge in [0.05, 0.1) is 10.9 Å². The van der Waals surface area contributed by atoms with Crippen molar-refractivity contribution in [2.45, 2.75) is 68.0 Å². The Labute approximate surface area is 145 Å². The molecule has 2 nitrogen and oxygen atoms in total. The van der Waals surface area contributed by atoms with Crippen molar-refractivity contribution in [3.8, 4) is 0 Å². The summed E-state index contributed by atoms with van der Waals surface area (Å²) in [5.41, 5.74) is 0. The van der Waals surface area contributed by atoms with Crippen molar-refractivity contribution in [2.24, 2.45) is 0 Å². The predicted octanol–water partition coefficient (Wildman–Crippen LogP) is 5.46. The monoisotopic (exact) mass is 348 g/mol. The maximum absolute atomic E-state index is 12.5. The average Bonchev–Trinajstić information content (AvgIpc) is 2.42. The number of rotatable bonds is 4. The normalized spacial score (nSPS) is 25.7. The molecule has 0 N–H and O–H groups in total. The third-order valence-corrected chi connectivity index (χ3v) is 10.7. The molecule has 1 aromatic rings. The van der Waals surface area contributed by atoms with Gasteiger partial charge in [0.15, 0.2) is 14.1 Å². The molecule has 0 amide bonds. The van der Waals surface area contributed by atoms with Crippen LogP contribution in [0.25, 0.3) is 0 Å². The van der Waals surface area contributed by atoms with Crippen LogP contribution in [-0.2, 0) is 9.22 Å². The van der Waals surface area contributed by atoms with E-state index in [0.29, 0.717) is 0 Å². The number of carbonyl (C=O) groups excluding carboxylic acids is 1. The van der Waals surface area contributed by atoms with Gasteiger partial charge in [0, 0.05) is 4.90 Å². The lowest BCUT2D eigenvalue weighted by atomic mass is 9.92. The lowest BCUT2D eigenvalue weighted by Crippen LogP contribution is -2.47. The van der Waals surface area contributed by atoms with E-state index in [1.54, 1.807) is 17.8 Å². The molecule has 2 rings (SSSR count). The van der Waals surface area contributed by atoms with Crippen LogP contribution >= 0.6 is 11.8 Å². The van der Waals surface area contributed by atoms with Crippen LogP contribution in [0.1, 0.15) is 34.1 Å². The third kappa shape index (κ3) is 4.37. The summed E-state index contributed by atoms with van der Waals surface area (Å²) < 4.78 is 6.06. The number of ketones is 1. The highest BCUT2D eigenvalue weighted by Gasteiger charge is 2.43. The first-order valence-corrected chi connectivity index (χ1v) is 11.9. The number of thioether (sulfide) groups is 1. The largest absolute Gasteiger partial charge is 0.410 e. The van der Waals surface area contributed by atoms with E-state index in [2.05, 4.69) is 46.0 Å². The fraction of sp³-hybridized carbons (Fsp3) is 0.526. The molecule has 0 aliphatic heterocycles. The highest BCUT2D eigenvalue weighted by atomic mass is 32.2. The highest BCUT2D eigenvalue weighted by molar-refractivity contribution is 8.01. The van der Waals surface area contributed by atoms with Gasteiger partial charge in [-0.15, -0.1) is 11.8 Å². The van der Waals surface area contributed by atoms with E-state index in [0.717, 1.165) is 11.3 Å². The third-order valence-electron chi connectivity index (χ3n) is 4.91. The van der Waals surface area contributed by atoms with Gasteiger partial charge in [-0.25, -0.2) is 0 Å². The lowest BCUT2D eigenvalue weighted by Gasteiger charge is -2.41. The van der Waals surface area contributed by atoms with E-state index in [1.807, 2.05) is 31.2 Å². The van der Waals surface area contributed by atoms with Crippen molar-refractivity contribution in [2.75, 3.05) is 0 Å². The maximum atomic E-state index is 12.5. The number of hydrogen-bond acceptors (Lipinski definition) is 3. The van der Waals surface area contributed by atoms with Crippen molar-refractivity contribution in [3.05, 3.63) is 42.5 Å². The summed E-state index contributed by atoms with van der Waals surface area (Å²) in [5, 5.41) is 0.172. The fourth-order valence-corrected chi connectivity index (χ4v) is 4.90. The van der Waals surface area contributed by atoms with Crippen molar-refractivity contribution in [1.29, 1.82) is 0 Å². The molecule has 23 heavy (non-hydrogen) atoms. The Morgan fingerprint density at radius 2 is 1.83 bits per heavy atom. The molecule has 1 aromatic carbocycles. The van der Waals surface area contributed by atoms with Crippen LogP contribution in [0, 0.1) is 0 Å². The molecule has 1 aliphatic rings. The molecule has 4 heteroatoms. The minimum atomic E-state index is -1.84. The predicted molar refractivity (Wildman–Crippen MR) is 102 cm³/mol. The van der Waals surface area contributed by atoms with E-state index >= 15 is 0 Å². The van der Waals surface area contributed by atoms with Gasteiger partial charge >= 0.3 is 0 Å². The second-order valence-electron chi connectivity index (χ2n) is 7.99. The summed E-state index contributed by atoms with van der Waals surface area (Å²) in [6, 6.07) is 10.1. The Bertz CT molecular complexity index is 589. The van der Waals surface area contributed by atoms with Gasteiger partial charge in [0.25, 0.3) is 0 Å². The molecule has 0 aromatic heterocycles. The molecular weight excluding hydrogens is 320 g/mol. The van der Waals surface area contributed by atoms with Gasteiger partial charge in [-0.3, -0.25) is 4.79 Å². The summed E-state index contributed by atoms with van der Waals surface area (Å²) >= 11 is 1.65. The van der Waals surface area contributed by atoms with E-state index in [4.69, 9.17) is 4.43 Å². The van der Waals surface area contributed by atoms with Crippen LogP contribution in [0.5, 0.6) is 0 Å². The van der Waals surface area contributed by atoms with Gasteiger partial charge in [0.1, 0.15) is 0 Å². The molecule has 126 valence electrons. The van der Waals surface area contributed by atoms with E-state index in [9.17, 15) is 4.79 Å². The van der Waals surface area contributed by atoms with Crippen molar-refractivity contribution in [3.63, 3.8) is 0 Å². The molecule has 0 fully saturated rings. The van der Waals surface area contributed by atoms with E-state index < -0.39 is 13.1 Å². The number of hydrogen-bond donors (Lipinski definition) is 0. The Balaban J connectivity index is 2.15. The second kappa shape index (κ2) is 6.58. The van der Waals surface area contributed by atoms with Crippen LogP contribution in [0.3, 0.4) is 0 Å². The van der Waals surface area contributed by atoms with Gasteiger partial charge in [-0.1, -0.05) is 45.0 Å². The lowest BCUT2D eigenvalue weighted by molar-refractivity contribution is -0.117. The molecule has 0 saturated carbocycles. The fourth-order valence-electron chi connectivity index (χ4n) is 2.40. The van der Waals surface area contributed by atoms with Crippen LogP contribution in [0.15, 0.2) is 47.4 Å². The zero-order chi connectivity index (χ0) is 17.3. The Hall–Kier alpha value is -0.843. The van der Waals surface area contributed by atoms with Crippen molar-refractivity contribution < 1.29 is 9.22 Å². The quantitative estimate of drug-likeness (QED) is 0.676. The van der Waals surface area contributed by atoms with Crippen LogP contribution in [0.4, 0.5) is 0 Å².